The Morgan fingerprint density at radius 2 is 1.86 bits per heavy atom. The molecule has 0 aliphatic carbocycles. The third-order valence-corrected chi connectivity index (χ3v) is 4.23. The summed E-state index contributed by atoms with van der Waals surface area (Å²) in [4.78, 5) is 13.6. The van der Waals surface area contributed by atoms with E-state index >= 15 is 0 Å². The standard InChI is InChI=1S/C16H19BrN4/c1-13-11-20(12-14-5-3-2-4-6-14)7-8-21(13)16-18-9-15(17)10-19-16/h2-6,9-10,13H,7-8,11-12H2,1H3. The van der Waals surface area contributed by atoms with Crippen LogP contribution in [-0.2, 0) is 6.54 Å². The van der Waals surface area contributed by atoms with Gasteiger partial charge in [-0.3, -0.25) is 4.90 Å². The van der Waals surface area contributed by atoms with Gasteiger partial charge >= 0.3 is 0 Å². The van der Waals surface area contributed by atoms with E-state index in [0.717, 1.165) is 36.6 Å². The molecule has 1 fully saturated rings. The zero-order valence-electron chi connectivity index (χ0n) is 12.1. The van der Waals surface area contributed by atoms with Crippen molar-refractivity contribution < 1.29 is 0 Å². The lowest BCUT2D eigenvalue weighted by atomic mass is 10.1. The van der Waals surface area contributed by atoms with Crippen LogP contribution in [0.1, 0.15) is 12.5 Å². The summed E-state index contributed by atoms with van der Waals surface area (Å²) >= 11 is 3.38. The maximum atomic E-state index is 4.41. The van der Waals surface area contributed by atoms with Gasteiger partial charge in [0.15, 0.2) is 0 Å². The molecule has 2 aromatic rings. The van der Waals surface area contributed by atoms with Crippen LogP contribution in [0.4, 0.5) is 5.95 Å². The van der Waals surface area contributed by atoms with Crippen LogP contribution in [0.3, 0.4) is 0 Å². The molecular weight excluding hydrogens is 328 g/mol. The minimum absolute atomic E-state index is 0.420. The Balaban J connectivity index is 1.63. The van der Waals surface area contributed by atoms with Crippen molar-refractivity contribution in [1.82, 2.24) is 14.9 Å². The Morgan fingerprint density at radius 3 is 2.52 bits per heavy atom. The molecule has 1 aromatic heterocycles. The summed E-state index contributed by atoms with van der Waals surface area (Å²) in [5.74, 6) is 0.824. The summed E-state index contributed by atoms with van der Waals surface area (Å²) in [6.07, 6.45) is 3.62. The predicted octanol–water partition coefficient (Wildman–Crippen LogP) is 2.95. The van der Waals surface area contributed by atoms with Crippen molar-refractivity contribution in [3.8, 4) is 0 Å². The highest BCUT2D eigenvalue weighted by molar-refractivity contribution is 9.10. The fourth-order valence-electron chi connectivity index (χ4n) is 2.77. The maximum absolute atomic E-state index is 4.41. The van der Waals surface area contributed by atoms with E-state index in [1.54, 1.807) is 0 Å². The quantitative estimate of drug-likeness (QED) is 0.855. The average Bonchev–Trinajstić information content (AvgIpc) is 2.50. The monoisotopic (exact) mass is 346 g/mol. The minimum Gasteiger partial charge on any atom is -0.336 e. The van der Waals surface area contributed by atoms with Crippen LogP contribution in [0, 0.1) is 0 Å². The number of benzene rings is 1. The van der Waals surface area contributed by atoms with Gasteiger partial charge in [0.2, 0.25) is 5.95 Å². The minimum atomic E-state index is 0.420. The molecule has 21 heavy (non-hydrogen) atoms. The van der Waals surface area contributed by atoms with Gasteiger partial charge in [0.1, 0.15) is 0 Å². The Bertz CT molecular complexity index is 573. The molecule has 110 valence electrons. The van der Waals surface area contributed by atoms with Gasteiger partial charge in [-0.15, -0.1) is 0 Å². The maximum Gasteiger partial charge on any atom is 0.225 e. The highest BCUT2D eigenvalue weighted by atomic mass is 79.9. The number of hydrogen-bond acceptors (Lipinski definition) is 4. The molecule has 1 saturated heterocycles. The van der Waals surface area contributed by atoms with Gasteiger partial charge in [0, 0.05) is 44.6 Å². The van der Waals surface area contributed by atoms with Gasteiger partial charge in [0.25, 0.3) is 0 Å². The topological polar surface area (TPSA) is 32.3 Å². The summed E-state index contributed by atoms with van der Waals surface area (Å²) in [6, 6.07) is 11.1. The molecule has 0 amide bonds. The van der Waals surface area contributed by atoms with Crippen molar-refractivity contribution in [2.24, 2.45) is 0 Å². The van der Waals surface area contributed by atoms with Crippen molar-refractivity contribution in [2.45, 2.75) is 19.5 Å². The number of aromatic nitrogens is 2. The van der Waals surface area contributed by atoms with E-state index in [1.807, 2.05) is 12.4 Å². The van der Waals surface area contributed by atoms with Gasteiger partial charge < -0.3 is 4.90 Å². The van der Waals surface area contributed by atoms with Crippen LogP contribution in [0.5, 0.6) is 0 Å². The van der Waals surface area contributed by atoms with Crippen LogP contribution in [0.25, 0.3) is 0 Å². The third kappa shape index (κ3) is 3.60. The van der Waals surface area contributed by atoms with Crippen LogP contribution in [0.15, 0.2) is 47.2 Å². The van der Waals surface area contributed by atoms with Gasteiger partial charge in [-0.1, -0.05) is 30.3 Å². The largest absolute Gasteiger partial charge is 0.336 e. The van der Waals surface area contributed by atoms with Crippen LogP contribution in [0.2, 0.25) is 0 Å². The van der Waals surface area contributed by atoms with Gasteiger partial charge in [-0.25, -0.2) is 9.97 Å². The molecule has 3 rings (SSSR count). The number of anilines is 1. The fourth-order valence-corrected chi connectivity index (χ4v) is 2.97. The number of rotatable bonds is 3. The van der Waals surface area contributed by atoms with Crippen molar-refractivity contribution in [1.29, 1.82) is 0 Å². The Kier molecular flexibility index (Phi) is 4.51. The second-order valence-corrected chi connectivity index (χ2v) is 6.38. The van der Waals surface area contributed by atoms with Crippen LogP contribution >= 0.6 is 15.9 Å². The summed E-state index contributed by atoms with van der Waals surface area (Å²) < 4.78 is 0.918. The number of halogens is 1. The van der Waals surface area contributed by atoms with Gasteiger partial charge in [-0.05, 0) is 28.4 Å². The second-order valence-electron chi connectivity index (χ2n) is 5.46. The number of nitrogens with zero attached hydrogens (tertiary/aromatic N) is 4. The summed E-state index contributed by atoms with van der Waals surface area (Å²) in [5.41, 5.74) is 1.37. The first-order valence-electron chi connectivity index (χ1n) is 7.23. The van der Waals surface area contributed by atoms with Crippen molar-refractivity contribution in [3.63, 3.8) is 0 Å². The van der Waals surface area contributed by atoms with E-state index in [2.05, 4.69) is 73.0 Å². The molecule has 0 N–H and O–H groups in total. The third-order valence-electron chi connectivity index (χ3n) is 3.82. The molecule has 0 spiro atoms. The Morgan fingerprint density at radius 1 is 1.14 bits per heavy atom. The first kappa shape index (κ1) is 14.5. The average molecular weight is 347 g/mol. The molecule has 0 bridgehead atoms. The van der Waals surface area contributed by atoms with Crippen molar-refractivity contribution >= 4 is 21.9 Å². The van der Waals surface area contributed by atoms with Crippen LogP contribution in [-0.4, -0.2) is 40.5 Å². The highest BCUT2D eigenvalue weighted by Crippen LogP contribution is 2.18. The first-order valence-corrected chi connectivity index (χ1v) is 8.02. The molecule has 1 aliphatic heterocycles. The zero-order valence-corrected chi connectivity index (χ0v) is 13.7. The first-order chi connectivity index (χ1) is 10.2. The lowest BCUT2D eigenvalue weighted by Gasteiger charge is -2.39. The van der Waals surface area contributed by atoms with Crippen LogP contribution < -0.4 is 4.90 Å². The van der Waals surface area contributed by atoms with E-state index in [0.29, 0.717) is 6.04 Å². The molecule has 0 radical (unpaired) electrons. The molecular formula is C16H19BrN4. The predicted molar refractivity (Wildman–Crippen MR) is 88.3 cm³/mol. The molecule has 5 heteroatoms. The van der Waals surface area contributed by atoms with Crippen molar-refractivity contribution in [2.75, 3.05) is 24.5 Å². The summed E-state index contributed by atoms with van der Waals surface area (Å²) in [6.45, 7) is 6.30. The van der Waals surface area contributed by atoms with Gasteiger partial charge in [-0.2, -0.15) is 0 Å². The van der Waals surface area contributed by atoms with E-state index in [1.165, 1.54) is 5.56 Å². The molecule has 0 saturated carbocycles. The number of hydrogen-bond donors (Lipinski definition) is 0. The van der Waals surface area contributed by atoms with E-state index in [-0.39, 0.29) is 0 Å². The zero-order chi connectivity index (χ0) is 14.7. The highest BCUT2D eigenvalue weighted by Gasteiger charge is 2.25. The normalized spacial score (nSPS) is 19.7. The van der Waals surface area contributed by atoms with E-state index < -0.39 is 0 Å². The van der Waals surface area contributed by atoms with E-state index in [4.69, 9.17) is 0 Å². The summed E-state index contributed by atoms with van der Waals surface area (Å²) in [7, 11) is 0. The molecule has 1 aromatic carbocycles. The fraction of sp³-hybridized carbons (Fsp3) is 0.375. The lowest BCUT2D eigenvalue weighted by Crippen LogP contribution is -2.52. The van der Waals surface area contributed by atoms with Crippen molar-refractivity contribution in [3.05, 3.63) is 52.8 Å². The van der Waals surface area contributed by atoms with E-state index in [9.17, 15) is 0 Å². The SMILES string of the molecule is CC1CN(Cc2ccccc2)CCN1c1ncc(Br)cn1. The Labute approximate surface area is 133 Å². The number of piperazine rings is 1. The lowest BCUT2D eigenvalue weighted by molar-refractivity contribution is 0.219. The van der Waals surface area contributed by atoms with Gasteiger partial charge in [0.05, 0.1) is 4.47 Å². The summed E-state index contributed by atoms with van der Waals surface area (Å²) in [5, 5.41) is 0. The Hall–Kier alpha value is -1.46. The molecule has 1 unspecified atom stereocenters. The molecule has 1 atom stereocenters. The second kappa shape index (κ2) is 6.54. The molecule has 1 aliphatic rings. The smallest absolute Gasteiger partial charge is 0.225 e. The molecule has 2 heterocycles. The molecule has 4 nitrogen and oxygen atoms in total.